The van der Waals surface area contributed by atoms with Crippen LogP contribution in [0.4, 0.5) is 0 Å². The third-order valence-corrected chi connectivity index (χ3v) is 6.89. The van der Waals surface area contributed by atoms with Crippen molar-refractivity contribution >= 4 is 21.4 Å². The quantitative estimate of drug-likeness (QED) is 0.700. The molecule has 0 radical (unpaired) electrons. The number of sulfonamides is 1. The molecule has 4 rings (SSSR count). The second kappa shape index (κ2) is 7.30. The van der Waals surface area contributed by atoms with E-state index < -0.39 is 10.0 Å². The summed E-state index contributed by atoms with van der Waals surface area (Å²) in [5, 5.41) is 6.58. The average molecular weight is 389 g/mol. The highest BCUT2D eigenvalue weighted by Gasteiger charge is 2.27. The normalized spacial score (nSPS) is 15.5. The van der Waals surface area contributed by atoms with E-state index >= 15 is 0 Å². The van der Waals surface area contributed by atoms with Gasteiger partial charge in [0.05, 0.1) is 23.2 Å². The van der Waals surface area contributed by atoms with E-state index in [0.717, 1.165) is 17.7 Å². The third-order valence-electron chi connectivity index (χ3n) is 4.61. The maximum atomic E-state index is 13.0. The maximum Gasteiger partial charge on any atom is 0.244 e. The van der Waals surface area contributed by atoms with E-state index in [1.807, 2.05) is 28.3 Å². The van der Waals surface area contributed by atoms with Crippen LogP contribution in [0.15, 0.2) is 53.0 Å². The van der Waals surface area contributed by atoms with Gasteiger partial charge in [-0.1, -0.05) is 25.0 Å². The number of nitrogens with one attached hydrogen (secondary N) is 1. The largest absolute Gasteiger partial charge is 0.268 e. The Morgan fingerprint density at radius 2 is 2.04 bits per heavy atom. The first-order chi connectivity index (χ1) is 12.6. The van der Waals surface area contributed by atoms with E-state index in [-0.39, 0.29) is 17.5 Å². The molecule has 136 valence electrons. The third kappa shape index (κ3) is 3.58. The Morgan fingerprint density at radius 3 is 2.73 bits per heavy atom. The van der Waals surface area contributed by atoms with Gasteiger partial charge in [0.2, 0.25) is 10.0 Å². The highest BCUT2D eigenvalue weighted by molar-refractivity contribution is 7.89. The van der Waals surface area contributed by atoms with Crippen LogP contribution in [-0.2, 0) is 16.6 Å². The van der Waals surface area contributed by atoms with Gasteiger partial charge >= 0.3 is 0 Å². The number of rotatable bonds is 6. The summed E-state index contributed by atoms with van der Waals surface area (Å²) in [6.07, 6.45) is 7.77. The predicted octanol–water partition coefficient (Wildman–Crippen LogP) is 3.60. The van der Waals surface area contributed by atoms with Gasteiger partial charge in [-0.3, -0.25) is 9.67 Å². The Labute approximate surface area is 157 Å². The summed E-state index contributed by atoms with van der Waals surface area (Å²) in [6, 6.07) is 9.54. The zero-order chi connectivity index (χ0) is 18.0. The lowest BCUT2D eigenvalue weighted by Gasteiger charge is -2.08. The molecule has 0 aromatic carbocycles. The lowest BCUT2D eigenvalue weighted by Crippen LogP contribution is -2.23. The molecule has 26 heavy (non-hydrogen) atoms. The zero-order valence-corrected chi connectivity index (χ0v) is 15.8. The van der Waals surface area contributed by atoms with Crippen LogP contribution in [0, 0.1) is 0 Å². The number of hydrogen-bond donors (Lipinski definition) is 1. The smallest absolute Gasteiger partial charge is 0.244 e. The van der Waals surface area contributed by atoms with Crippen LogP contribution in [0.25, 0.3) is 10.6 Å². The molecule has 1 fully saturated rings. The number of pyridine rings is 1. The summed E-state index contributed by atoms with van der Waals surface area (Å²) in [4.78, 5) is 5.27. The molecule has 0 saturated heterocycles. The van der Waals surface area contributed by atoms with Crippen LogP contribution in [-0.4, -0.2) is 23.2 Å². The van der Waals surface area contributed by atoms with E-state index in [9.17, 15) is 8.42 Å². The number of hydrogen-bond acceptors (Lipinski definition) is 5. The Bertz CT molecular complexity index is 960. The van der Waals surface area contributed by atoms with Gasteiger partial charge in [-0.15, -0.1) is 11.3 Å². The van der Waals surface area contributed by atoms with Gasteiger partial charge in [0.15, 0.2) is 0 Å². The Hall–Kier alpha value is -2.03. The second-order valence-corrected chi connectivity index (χ2v) is 9.07. The first-order valence-corrected chi connectivity index (χ1v) is 11.0. The fourth-order valence-electron chi connectivity index (χ4n) is 3.26. The van der Waals surface area contributed by atoms with Crippen LogP contribution in [0.3, 0.4) is 0 Å². The van der Waals surface area contributed by atoms with Gasteiger partial charge in [0.1, 0.15) is 10.6 Å². The topological polar surface area (TPSA) is 76.9 Å². The summed E-state index contributed by atoms with van der Waals surface area (Å²) < 4.78 is 30.4. The maximum absolute atomic E-state index is 13.0. The van der Waals surface area contributed by atoms with Gasteiger partial charge in [-0.2, -0.15) is 5.10 Å². The summed E-state index contributed by atoms with van der Waals surface area (Å²) in [6.45, 7) is 0.154. The van der Waals surface area contributed by atoms with E-state index in [1.54, 1.807) is 24.5 Å². The van der Waals surface area contributed by atoms with Gasteiger partial charge < -0.3 is 0 Å². The Kier molecular flexibility index (Phi) is 4.88. The van der Waals surface area contributed by atoms with Gasteiger partial charge in [0, 0.05) is 12.4 Å². The first kappa shape index (κ1) is 17.4. The summed E-state index contributed by atoms with van der Waals surface area (Å²) in [5.41, 5.74) is 1.21. The summed E-state index contributed by atoms with van der Waals surface area (Å²) in [7, 11) is -3.69. The zero-order valence-electron chi connectivity index (χ0n) is 14.2. The molecule has 0 bridgehead atoms. The summed E-state index contributed by atoms with van der Waals surface area (Å²) >= 11 is 1.50. The molecule has 1 aliphatic carbocycles. The molecule has 1 N–H and O–H groups in total. The minimum Gasteiger partial charge on any atom is -0.268 e. The molecular formula is C18H20N4O2S2. The van der Waals surface area contributed by atoms with Crippen LogP contribution >= 0.6 is 11.3 Å². The van der Waals surface area contributed by atoms with Gasteiger partial charge in [0.25, 0.3) is 0 Å². The van der Waals surface area contributed by atoms with Crippen molar-refractivity contribution in [1.82, 2.24) is 19.5 Å². The lowest BCUT2D eigenvalue weighted by atomic mass is 10.3. The number of aromatic nitrogens is 3. The minimum atomic E-state index is -3.69. The molecule has 0 spiro atoms. The molecule has 0 amide bonds. The van der Waals surface area contributed by atoms with E-state index in [0.29, 0.717) is 11.4 Å². The lowest BCUT2D eigenvalue weighted by molar-refractivity contribution is 0.467. The molecule has 8 heteroatoms. The minimum absolute atomic E-state index is 0.154. The fraction of sp³-hybridized carbons (Fsp3) is 0.333. The van der Waals surface area contributed by atoms with Crippen molar-refractivity contribution in [3.8, 4) is 10.6 Å². The number of nitrogens with zero attached hydrogens (tertiary/aromatic N) is 3. The molecule has 1 saturated carbocycles. The van der Waals surface area contributed by atoms with Crippen molar-refractivity contribution in [2.24, 2.45) is 0 Å². The van der Waals surface area contributed by atoms with Gasteiger partial charge in [-0.05, 0) is 36.4 Å². The van der Waals surface area contributed by atoms with Crippen LogP contribution < -0.4 is 4.72 Å². The van der Waals surface area contributed by atoms with Crippen molar-refractivity contribution in [3.63, 3.8) is 0 Å². The van der Waals surface area contributed by atoms with E-state index in [2.05, 4.69) is 14.8 Å². The molecule has 0 unspecified atom stereocenters. The van der Waals surface area contributed by atoms with Crippen molar-refractivity contribution < 1.29 is 8.42 Å². The highest BCUT2D eigenvalue weighted by atomic mass is 32.2. The van der Waals surface area contributed by atoms with Crippen molar-refractivity contribution in [1.29, 1.82) is 0 Å². The highest BCUT2D eigenvalue weighted by Crippen LogP contribution is 2.34. The van der Waals surface area contributed by atoms with Crippen molar-refractivity contribution in [3.05, 3.63) is 53.8 Å². The van der Waals surface area contributed by atoms with Crippen LogP contribution in [0.2, 0.25) is 0 Å². The molecule has 1 aliphatic rings. The SMILES string of the molecule is O=S(=O)(NCc1ccccn1)c1cn(C2CCCC2)nc1-c1cccs1. The number of thiophene rings is 1. The first-order valence-electron chi connectivity index (χ1n) is 8.66. The second-order valence-electron chi connectivity index (χ2n) is 6.38. The van der Waals surface area contributed by atoms with Crippen molar-refractivity contribution in [2.45, 2.75) is 43.2 Å². The standard InChI is InChI=1S/C18H20N4O2S2/c23-26(24,20-12-14-6-3-4-10-19-14)17-13-22(15-7-1-2-8-15)21-18(17)16-9-5-11-25-16/h3-6,9-11,13,15,20H,1-2,7-8,12H2. The molecule has 0 atom stereocenters. The molecular weight excluding hydrogens is 368 g/mol. The van der Waals surface area contributed by atoms with Crippen LogP contribution in [0.1, 0.15) is 37.4 Å². The van der Waals surface area contributed by atoms with Gasteiger partial charge in [-0.25, -0.2) is 13.1 Å². The van der Waals surface area contributed by atoms with Crippen molar-refractivity contribution in [2.75, 3.05) is 0 Å². The monoisotopic (exact) mass is 388 g/mol. The van der Waals surface area contributed by atoms with E-state index in [1.165, 1.54) is 24.2 Å². The molecule has 0 aliphatic heterocycles. The Balaban J connectivity index is 1.67. The molecule has 6 nitrogen and oxygen atoms in total. The molecule has 3 heterocycles. The average Bonchev–Trinajstić information content (AvgIpc) is 3.41. The fourth-order valence-corrected chi connectivity index (χ4v) is 5.19. The predicted molar refractivity (Wildman–Crippen MR) is 101 cm³/mol. The van der Waals surface area contributed by atoms with Crippen LogP contribution in [0.5, 0.6) is 0 Å². The summed E-state index contributed by atoms with van der Waals surface area (Å²) in [5.74, 6) is 0. The molecule has 3 aromatic rings. The van der Waals surface area contributed by atoms with E-state index in [4.69, 9.17) is 0 Å². The molecule has 3 aromatic heterocycles. The Morgan fingerprint density at radius 1 is 1.19 bits per heavy atom.